The van der Waals surface area contributed by atoms with Crippen LogP contribution in [-0.4, -0.2) is 0 Å². The van der Waals surface area contributed by atoms with E-state index in [1.165, 1.54) is 16.7 Å². The number of hydrogen-bond acceptors (Lipinski definition) is 1. The monoisotopic (exact) mass is 225 g/mol. The molecular formula is C16H19N. The van der Waals surface area contributed by atoms with Crippen LogP contribution in [0.25, 0.3) is 11.1 Å². The smallest absolute Gasteiger partial charge is 0.0349 e. The number of hydrogen-bond donors (Lipinski definition) is 1. The summed E-state index contributed by atoms with van der Waals surface area (Å²) in [6.45, 7) is 6.47. The third kappa shape index (κ3) is 2.33. The topological polar surface area (TPSA) is 26.0 Å². The van der Waals surface area contributed by atoms with Crippen molar-refractivity contribution in [3.63, 3.8) is 0 Å². The minimum atomic E-state index is 0.522. The molecule has 0 bridgehead atoms. The molecule has 17 heavy (non-hydrogen) atoms. The first-order valence-electron chi connectivity index (χ1n) is 6.05. The number of aryl methyl sites for hydroxylation is 1. The van der Waals surface area contributed by atoms with Gasteiger partial charge in [-0.3, -0.25) is 0 Å². The molecule has 0 unspecified atom stereocenters. The molecule has 0 atom stereocenters. The van der Waals surface area contributed by atoms with Crippen molar-refractivity contribution in [2.24, 2.45) is 0 Å². The highest BCUT2D eigenvalue weighted by molar-refractivity contribution is 5.72. The van der Waals surface area contributed by atoms with E-state index >= 15 is 0 Å². The van der Waals surface area contributed by atoms with Crippen LogP contribution in [0.2, 0.25) is 0 Å². The van der Waals surface area contributed by atoms with Gasteiger partial charge in [0.2, 0.25) is 0 Å². The summed E-state index contributed by atoms with van der Waals surface area (Å²) in [7, 11) is 0. The molecule has 2 aromatic rings. The van der Waals surface area contributed by atoms with Crippen LogP contribution >= 0.6 is 0 Å². The largest absolute Gasteiger partial charge is 0.398 e. The maximum atomic E-state index is 5.98. The van der Waals surface area contributed by atoms with E-state index < -0.39 is 0 Å². The highest BCUT2D eigenvalue weighted by atomic mass is 14.6. The molecule has 0 spiro atoms. The summed E-state index contributed by atoms with van der Waals surface area (Å²) in [5.74, 6) is 0.522. The summed E-state index contributed by atoms with van der Waals surface area (Å²) in [5, 5.41) is 0. The van der Waals surface area contributed by atoms with E-state index in [4.69, 9.17) is 5.73 Å². The quantitative estimate of drug-likeness (QED) is 0.755. The van der Waals surface area contributed by atoms with Gasteiger partial charge in [0, 0.05) is 5.69 Å². The van der Waals surface area contributed by atoms with E-state index in [2.05, 4.69) is 56.3 Å². The second kappa shape index (κ2) is 4.62. The van der Waals surface area contributed by atoms with Gasteiger partial charge in [-0.05, 0) is 41.2 Å². The van der Waals surface area contributed by atoms with Gasteiger partial charge in [0.1, 0.15) is 0 Å². The van der Waals surface area contributed by atoms with Crippen molar-refractivity contribution < 1.29 is 0 Å². The zero-order valence-electron chi connectivity index (χ0n) is 10.7. The molecule has 0 aliphatic heterocycles. The molecule has 2 rings (SSSR count). The predicted molar refractivity (Wildman–Crippen MR) is 75.1 cm³/mol. The van der Waals surface area contributed by atoms with E-state index in [9.17, 15) is 0 Å². The standard InChI is InChI=1S/C16H19N/c1-11(2)14-6-4-5-7-15(14)13-9-8-12(3)16(17)10-13/h4-11H,17H2,1-3H3. The molecule has 0 saturated heterocycles. The Hall–Kier alpha value is -1.76. The molecule has 0 heterocycles. The molecule has 1 heteroatoms. The fraction of sp³-hybridized carbons (Fsp3) is 0.250. The molecule has 0 saturated carbocycles. The van der Waals surface area contributed by atoms with Crippen molar-refractivity contribution in [2.45, 2.75) is 26.7 Å². The zero-order valence-corrected chi connectivity index (χ0v) is 10.7. The molecule has 0 aliphatic rings. The van der Waals surface area contributed by atoms with Crippen molar-refractivity contribution in [2.75, 3.05) is 5.73 Å². The molecular weight excluding hydrogens is 206 g/mol. The fourth-order valence-corrected chi connectivity index (χ4v) is 2.07. The van der Waals surface area contributed by atoms with Crippen LogP contribution in [0.3, 0.4) is 0 Å². The molecule has 0 aromatic heterocycles. The van der Waals surface area contributed by atoms with E-state index in [-0.39, 0.29) is 0 Å². The summed E-state index contributed by atoms with van der Waals surface area (Å²) in [4.78, 5) is 0. The number of anilines is 1. The minimum absolute atomic E-state index is 0.522. The summed E-state index contributed by atoms with van der Waals surface area (Å²) < 4.78 is 0. The average molecular weight is 225 g/mol. The van der Waals surface area contributed by atoms with Gasteiger partial charge in [0.25, 0.3) is 0 Å². The summed E-state index contributed by atoms with van der Waals surface area (Å²) in [6.07, 6.45) is 0. The molecule has 88 valence electrons. The molecule has 0 aliphatic carbocycles. The molecule has 0 amide bonds. The van der Waals surface area contributed by atoms with Gasteiger partial charge in [-0.15, -0.1) is 0 Å². The summed E-state index contributed by atoms with van der Waals surface area (Å²) in [5.41, 5.74) is 11.8. The van der Waals surface area contributed by atoms with Crippen LogP contribution in [0.1, 0.15) is 30.9 Å². The van der Waals surface area contributed by atoms with Gasteiger partial charge >= 0.3 is 0 Å². The first-order valence-corrected chi connectivity index (χ1v) is 6.05. The summed E-state index contributed by atoms with van der Waals surface area (Å²) >= 11 is 0. The first-order chi connectivity index (χ1) is 8.09. The van der Waals surface area contributed by atoms with Crippen LogP contribution < -0.4 is 5.73 Å². The Bertz CT molecular complexity index is 527. The van der Waals surface area contributed by atoms with Crippen molar-refractivity contribution in [3.05, 3.63) is 53.6 Å². The normalized spacial score (nSPS) is 10.8. The lowest BCUT2D eigenvalue weighted by atomic mass is 9.92. The number of nitrogen functional groups attached to an aromatic ring is 1. The number of benzene rings is 2. The van der Waals surface area contributed by atoms with Crippen LogP contribution in [-0.2, 0) is 0 Å². The second-order valence-electron chi connectivity index (χ2n) is 4.81. The van der Waals surface area contributed by atoms with Crippen molar-refractivity contribution in [1.82, 2.24) is 0 Å². The van der Waals surface area contributed by atoms with E-state index in [1.807, 2.05) is 6.92 Å². The average Bonchev–Trinajstić information content (AvgIpc) is 2.32. The van der Waals surface area contributed by atoms with Crippen molar-refractivity contribution in [3.8, 4) is 11.1 Å². The van der Waals surface area contributed by atoms with Gasteiger partial charge in [-0.1, -0.05) is 50.2 Å². The lowest BCUT2D eigenvalue weighted by molar-refractivity contribution is 0.869. The van der Waals surface area contributed by atoms with Crippen LogP contribution in [0.5, 0.6) is 0 Å². The molecule has 2 N–H and O–H groups in total. The SMILES string of the molecule is Cc1ccc(-c2ccccc2C(C)C)cc1N. The van der Waals surface area contributed by atoms with Gasteiger partial charge in [-0.2, -0.15) is 0 Å². The van der Waals surface area contributed by atoms with Crippen LogP contribution in [0.15, 0.2) is 42.5 Å². The molecule has 1 nitrogen and oxygen atoms in total. The lowest BCUT2D eigenvalue weighted by Crippen LogP contribution is -1.94. The second-order valence-corrected chi connectivity index (χ2v) is 4.81. The van der Waals surface area contributed by atoms with Gasteiger partial charge in [-0.25, -0.2) is 0 Å². The van der Waals surface area contributed by atoms with E-state index in [0.717, 1.165) is 11.3 Å². The van der Waals surface area contributed by atoms with Gasteiger partial charge in [0.05, 0.1) is 0 Å². The third-order valence-electron chi connectivity index (χ3n) is 3.17. The zero-order chi connectivity index (χ0) is 12.4. The first kappa shape index (κ1) is 11.7. The Morgan fingerprint density at radius 2 is 1.71 bits per heavy atom. The van der Waals surface area contributed by atoms with E-state index in [0.29, 0.717) is 5.92 Å². The molecule has 2 aromatic carbocycles. The molecule has 0 radical (unpaired) electrons. The maximum Gasteiger partial charge on any atom is 0.0349 e. The minimum Gasteiger partial charge on any atom is -0.398 e. The van der Waals surface area contributed by atoms with Crippen molar-refractivity contribution in [1.29, 1.82) is 0 Å². The van der Waals surface area contributed by atoms with Crippen LogP contribution in [0.4, 0.5) is 5.69 Å². The fourth-order valence-electron chi connectivity index (χ4n) is 2.07. The Balaban J connectivity index is 2.56. The van der Waals surface area contributed by atoms with E-state index in [1.54, 1.807) is 0 Å². The Morgan fingerprint density at radius 1 is 1.00 bits per heavy atom. The Labute approximate surface area is 103 Å². The number of rotatable bonds is 2. The Morgan fingerprint density at radius 3 is 2.35 bits per heavy atom. The maximum absolute atomic E-state index is 5.98. The molecule has 0 fully saturated rings. The Kier molecular flexibility index (Phi) is 3.19. The predicted octanol–water partition coefficient (Wildman–Crippen LogP) is 4.37. The van der Waals surface area contributed by atoms with Crippen LogP contribution in [0, 0.1) is 6.92 Å². The van der Waals surface area contributed by atoms with Gasteiger partial charge < -0.3 is 5.73 Å². The summed E-state index contributed by atoms with van der Waals surface area (Å²) in [6, 6.07) is 14.8. The van der Waals surface area contributed by atoms with Crippen molar-refractivity contribution >= 4 is 5.69 Å². The lowest BCUT2D eigenvalue weighted by Gasteiger charge is -2.13. The number of nitrogens with two attached hydrogens (primary N) is 1. The highest BCUT2D eigenvalue weighted by Crippen LogP contribution is 2.30. The third-order valence-corrected chi connectivity index (χ3v) is 3.17. The van der Waals surface area contributed by atoms with Gasteiger partial charge in [0.15, 0.2) is 0 Å². The highest BCUT2D eigenvalue weighted by Gasteiger charge is 2.08.